The van der Waals surface area contributed by atoms with Crippen molar-refractivity contribution in [1.29, 1.82) is 15.8 Å². The number of esters is 2. The number of nitrogens with zero attached hydrogens (tertiary/aromatic N) is 8. The standard InChI is InChI=1S/C29H29N3O4S.C28H23N3O2.C7H12NO2S.C4H6O3.C2H3N.BrH.HI.Na/c1-29(2)24(11-7-20(19-30)8-12-25-31(17-18-37-25)15-13-26(33)34)32(16-14-27(35)36)23-10-9-21-5-3-4-6-22(21)28(23)29;1-28(2)25(15-12-20(18-29)19-30-22-9-4-3-5-10-22)31(17-16-26(32)33)24-14-13-21-8-6-7-11-23(21)27(24)28;1-7-8(3-5-11-7)2-4-10-6-9;1-3(5)7-4(2)6;1-2-3;;;/h3-12H,13-18H2,1-2H3,(H-,33,34,35,36);3-4,6-15,19H,16-17H2,1-2H3;6H,2-5H2,1H3;1-2H3;1H3;2*1H;/q;;+1;;;;;+1/p-1/b;20-12+,25-15+,30-19?;;;;;;. The number of hydrogen-bond acceptors (Lipinski definition) is 17. The minimum absolute atomic E-state index is 0. The molecule has 0 fully saturated rings. The molecule has 0 spiro atoms. The smallest absolute Gasteiger partial charge is 1.00 e. The Balaban J connectivity index is 0.000000480. The third-order valence-electron chi connectivity index (χ3n) is 14.6. The molecule has 2 N–H and O–H groups in total. The molecule has 19 nitrogen and oxygen atoms in total. The molecule has 94 heavy (non-hydrogen) atoms. The van der Waals surface area contributed by atoms with E-state index in [0.717, 1.165) is 91.6 Å². The number of anilines is 2. The number of halogens is 2. The number of ether oxygens (including phenoxy) is 2. The van der Waals surface area contributed by atoms with Crippen LogP contribution in [0, 0.1) is 40.1 Å². The number of hydrogen-bond donors (Lipinski definition) is 2. The summed E-state index contributed by atoms with van der Waals surface area (Å²) in [6.45, 7) is 19.1. The largest absolute Gasteiger partial charge is 1.00 e. The van der Waals surface area contributed by atoms with E-state index >= 15 is 0 Å². The number of rotatable bonds is 19. The number of thioether (sulfide) groups is 2. The SMILES string of the molecule is CC#N.CC(=O)OC(C)=O.CC1(C)/C(=C\C=C(/C#N)C=NC2=CC=C[C+]=C2)N(CCC(=O)[O-])c2ccc3ccccc3c21.CC1(C)C(=CC=C(C#N)C=CC2=[N+](CCC(=O)O)CCS2)N(CCC(=O)O)c2ccc3ccccc3c21.CC1=[N+](CCOC=O)CCS1.[Br-].[I-].[Na+]. The molecule has 24 heteroatoms. The maximum Gasteiger partial charge on any atom is 1.00 e. The van der Waals surface area contributed by atoms with Crippen molar-refractivity contribution >= 4 is 109 Å². The summed E-state index contributed by atoms with van der Waals surface area (Å²) >= 11 is 3.51. The Hall–Kier alpha value is -7.76. The van der Waals surface area contributed by atoms with Gasteiger partial charge in [0.15, 0.2) is 31.9 Å². The second-order valence-corrected chi connectivity index (χ2v) is 24.0. The Morgan fingerprint density at radius 3 is 1.72 bits per heavy atom. The van der Waals surface area contributed by atoms with Gasteiger partial charge in [-0.3, -0.25) is 24.0 Å². The summed E-state index contributed by atoms with van der Waals surface area (Å²) in [6, 6.07) is 30.8. The molecule has 0 unspecified atom stereocenters. The zero-order valence-corrected chi connectivity index (χ0v) is 61.4. The van der Waals surface area contributed by atoms with Crippen LogP contribution in [0.5, 0.6) is 0 Å². The Kier molecular flexibility index (Phi) is 36.0. The Morgan fingerprint density at radius 2 is 1.27 bits per heavy atom. The number of allylic oxidation sites excluding steroid dienone is 14. The van der Waals surface area contributed by atoms with E-state index < -0.39 is 40.7 Å². The van der Waals surface area contributed by atoms with Gasteiger partial charge in [0.25, 0.3) is 6.47 Å². The number of carbonyl (C=O) groups is 6. The topological polar surface area (TPSA) is 281 Å². The van der Waals surface area contributed by atoms with E-state index in [9.17, 15) is 49.5 Å². The van der Waals surface area contributed by atoms with E-state index in [4.69, 9.17) is 10.4 Å². The number of nitriles is 3. The van der Waals surface area contributed by atoms with E-state index in [0.29, 0.717) is 43.0 Å². The number of fused-ring (bicyclic) bond motifs is 6. The van der Waals surface area contributed by atoms with Crippen LogP contribution in [0.15, 0.2) is 167 Å². The van der Waals surface area contributed by atoms with Crippen LogP contribution in [-0.4, -0.2) is 129 Å². The van der Waals surface area contributed by atoms with Crippen molar-refractivity contribution in [2.75, 3.05) is 67.2 Å². The maximum atomic E-state index is 11.4. The fourth-order valence-electron chi connectivity index (χ4n) is 10.6. The third kappa shape index (κ3) is 23.9. The number of carboxylic acids is 3. The number of carbonyl (C=O) groups excluding carboxylic acids is 4. The fraction of sp³-hybridized carbons (Fsp3) is 0.314. The van der Waals surface area contributed by atoms with Gasteiger partial charge in [-0.15, -0.1) is 0 Å². The monoisotopic (exact) mass is 1500 g/mol. The summed E-state index contributed by atoms with van der Waals surface area (Å²) in [5.74, 6) is -1.87. The molecule has 0 saturated carbocycles. The van der Waals surface area contributed by atoms with Gasteiger partial charge < -0.3 is 80.3 Å². The van der Waals surface area contributed by atoms with Crippen LogP contribution in [0.2, 0.25) is 0 Å². The number of aliphatic carboxylic acids is 3. The molecule has 1 aliphatic carbocycles. The predicted octanol–water partition coefficient (Wildman–Crippen LogP) is 1.20. The summed E-state index contributed by atoms with van der Waals surface area (Å²) in [7, 11) is 0. The Morgan fingerprint density at radius 1 is 0.755 bits per heavy atom. The Labute approximate surface area is 607 Å². The van der Waals surface area contributed by atoms with Crippen LogP contribution < -0.4 is 85.4 Å². The van der Waals surface area contributed by atoms with Crippen molar-refractivity contribution in [3.05, 3.63) is 179 Å². The first-order valence-corrected chi connectivity index (χ1v) is 31.1. The van der Waals surface area contributed by atoms with Crippen molar-refractivity contribution < 1.29 is 133 Å². The second-order valence-electron chi connectivity index (χ2n) is 21.6. The van der Waals surface area contributed by atoms with Crippen molar-refractivity contribution in [2.24, 2.45) is 4.99 Å². The van der Waals surface area contributed by atoms with Crippen LogP contribution >= 0.6 is 23.5 Å². The summed E-state index contributed by atoms with van der Waals surface area (Å²) in [5.41, 5.74) is 6.88. The van der Waals surface area contributed by atoms with Crippen LogP contribution in [0.1, 0.15) is 85.8 Å². The predicted molar refractivity (Wildman–Crippen MR) is 355 cm³/mol. The first-order chi connectivity index (χ1) is 43.5. The van der Waals surface area contributed by atoms with Crippen LogP contribution in [0.25, 0.3) is 21.5 Å². The molecular formula is C70H74BrIN8NaO11S2+. The summed E-state index contributed by atoms with van der Waals surface area (Å²) in [4.78, 5) is 71.5. The minimum Gasteiger partial charge on any atom is -1.00 e. The first-order valence-electron chi connectivity index (χ1n) is 29.1. The molecule has 0 amide bonds. The summed E-state index contributed by atoms with van der Waals surface area (Å²) in [6.07, 6.45) is 22.6. The molecule has 0 atom stereocenters. The van der Waals surface area contributed by atoms with E-state index in [2.05, 4.69) is 119 Å². The van der Waals surface area contributed by atoms with Crippen LogP contribution in [0.4, 0.5) is 11.4 Å². The minimum atomic E-state index is -1.10. The van der Waals surface area contributed by atoms with Gasteiger partial charge in [-0.1, -0.05) is 112 Å². The average Bonchev–Trinajstić information content (AvgIpc) is 1.58. The summed E-state index contributed by atoms with van der Waals surface area (Å²) < 4.78 is 12.8. The molecule has 4 aromatic carbocycles. The molecular weight excluding hydrogens is 1420 g/mol. The average molecular weight is 1500 g/mol. The molecule has 0 radical (unpaired) electrons. The Bertz CT molecular complexity index is 3910. The number of carboxylic acid groups (broad SMARTS) is 3. The van der Waals surface area contributed by atoms with Gasteiger partial charge in [0.1, 0.15) is 31.2 Å². The number of aliphatic imine (C=N–C) groups is 1. The number of benzene rings is 4. The second kappa shape index (κ2) is 41.2. The fourth-order valence-corrected chi connectivity index (χ4v) is 12.6. The van der Waals surface area contributed by atoms with Crippen molar-refractivity contribution in [3.63, 3.8) is 0 Å². The normalized spacial score (nSPS) is 16.1. The molecule has 4 aromatic rings. The van der Waals surface area contributed by atoms with E-state index in [1.165, 1.54) is 32.0 Å². The molecule has 0 bridgehead atoms. The first kappa shape index (κ1) is 82.3. The maximum absolute atomic E-state index is 11.4. The van der Waals surface area contributed by atoms with Crippen molar-refractivity contribution in [2.45, 2.75) is 85.5 Å². The van der Waals surface area contributed by atoms with Gasteiger partial charge in [-0.2, -0.15) is 20.8 Å². The van der Waals surface area contributed by atoms with Gasteiger partial charge in [0.2, 0.25) is 10.1 Å². The van der Waals surface area contributed by atoms with Crippen LogP contribution in [0.3, 0.4) is 0 Å². The molecule has 0 aromatic heterocycles. The van der Waals surface area contributed by atoms with E-state index in [1.807, 2.05) is 81.9 Å². The zero-order chi connectivity index (χ0) is 66.7. The van der Waals surface area contributed by atoms with Gasteiger partial charge in [-0.05, 0) is 75.2 Å². The van der Waals surface area contributed by atoms with E-state index in [1.54, 1.807) is 48.2 Å². The van der Waals surface area contributed by atoms with Gasteiger partial charge in [0, 0.05) is 105 Å². The summed E-state index contributed by atoms with van der Waals surface area (Å²) in [5, 5.41) is 63.2. The molecule has 5 aliphatic rings. The van der Waals surface area contributed by atoms with Crippen molar-refractivity contribution in [3.8, 4) is 18.2 Å². The van der Waals surface area contributed by atoms with Gasteiger partial charge in [0.05, 0.1) is 53.5 Å². The van der Waals surface area contributed by atoms with E-state index in [-0.39, 0.29) is 96.3 Å². The molecule has 4 aliphatic heterocycles. The van der Waals surface area contributed by atoms with Crippen LogP contribution in [-0.2, 0) is 49.1 Å². The van der Waals surface area contributed by atoms with Gasteiger partial charge >= 0.3 is 53.4 Å². The zero-order valence-electron chi connectivity index (χ0n) is 54.1. The van der Waals surface area contributed by atoms with Crippen molar-refractivity contribution in [1.82, 2.24) is 0 Å². The quantitative estimate of drug-likeness (QED) is 0.0114. The van der Waals surface area contributed by atoms with Gasteiger partial charge in [-0.25, -0.2) is 9.15 Å². The third-order valence-corrected chi connectivity index (χ3v) is 16.8. The molecule has 486 valence electrons. The molecule has 0 saturated heterocycles. The molecule has 9 rings (SSSR count). The molecule has 4 heterocycles.